The predicted molar refractivity (Wildman–Crippen MR) is 99.7 cm³/mol. The highest BCUT2D eigenvalue weighted by Crippen LogP contribution is 2.54. The van der Waals surface area contributed by atoms with Crippen LogP contribution in [0.1, 0.15) is 33.6 Å². The molecule has 11 heteroatoms. The maximum absolute atomic E-state index is 11.7. The van der Waals surface area contributed by atoms with Crippen LogP contribution in [0.5, 0.6) is 0 Å². The lowest BCUT2D eigenvalue weighted by Gasteiger charge is -2.31. The molecule has 0 spiro atoms. The van der Waals surface area contributed by atoms with Crippen LogP contribution >= 0.6 is 14.3 Å². The zero-order valence-electron chi connectivity index (χ0n) is 15.2. The Morgan fingerprint density at radius 3 is 2.29 bits per heavy atom. The molecule has 0 aliphatic heterocycles. The van der Waals surface area contributed by atoms with Gasteiger partial charge in [0.25, 0.3) is 0 Å². The van der Waals surface area contributed by atoms with E-state index in [1.807, 2.05) is 7.85 Å². The first-order valence-corrected chi connectivity index (χ1v) is 12.3. The normalized spacial score (nSPS) is 33.1. The second-order valence-corrected chi connectivity index (χ2v) is 12.1. The van der Waals surface area contributed by atoms with E-state index in [1.165, 1.54) is 7.11 Å². The first-order chi connectivity index (χ1) is 10.8. The average Bonchev–Trinajstić information content (AvgIpc) is 2.69. The van der Waals surface area contributed by atoms with Gasteiger partial charge >= 0.3 is 14.3 Å². The van der Waals surface area contributed by atoms with E-state index < -0.39 is 26.0 Å². The van der Waals surface area contributed by atoms with E-state index in [9.17, 15) is 14.4 Å². The summed E-state index contributed by atoms with van der Waals surface area (Å²) in [6.07, 6.45) is 0.532. The van der Waals surface area contributed by atoms with E-state index in [1.54, 1.807) is 27.9 Å². The zero-order chi connectivity index (χ0) is 18.8. The van der Waals surface area contributed by atoms with Crippen LogP contribution in [0.15, 0.2) is 0 Å². The monoisotopic (exact) mass is 402 g/mol. The SMILES string of the molecule is B[C@H]1C[C@H](CCP(=O)(O)OC)[C@@H](OC)[C@H]1OP(O)(=S)OC(C)(C)C. The van der Waals surface area contributed by atoms with E-state index in [0.717, 1.165) is 6.42 Å². The molecule has 0 aromatic carbocycles. The highest BCUT2D eigenvalue weighted by atomic mass is 32.5. The molecule has 142 valence electrons. The molecule has 2 N–H and O–H groups in total. The van der Waals surface area contributed by atoms with Gasteiger partial charge in [0.1, 0.15) is 7.85 Å². The van der Waals surface area contributed by atoms with Crippen LogP contribution in [0.3, 0.4) is 0 Å². The van der Waals surface area contributed by atoms with Gasteiger partial charge in [-0.05, 0) is 57.2 Å². The lowest BCUT2D eigenvalue weighted by molar-refractivity contribution is -0.0174. The summed E-state index contributed by atoms with van der Waals surface area (Å²) < 4.78 is 33.1. The maximum atomic E-state index is 11.7. The molecule has 1 fully saturated rings. The molecular weight excluding hydrogens is 373 g/mol. The smallest absolute Gasteiger partial charge is 0.327 e. The van der Waals surface area contributed by atoms with Gasteiger partial charge < -0.3 is 28.1 Å². The van der Waals surface area contributed by atoms with Crippen LogP contribution in [0.25, 0.3) is 0 Å². The molecule has 0 heterocycles. The van der Waals surface area contributed by atoms with Crippen LogP contribution in [0.4, 0.5) is 0 Å². The molecule has 7 nitrogen and oxygen atoms in total. The topological polar surface area (TPSA) is 94.5 Å². The van der Waals surface area contributed by atoms with Gasteiger partial charge in [0, 0.05) is 14.2 Å². The molecule has 0 amide bonds. The minimum atomic E-state index is -3.56. The van der Waals surface area contributed by atoms with Gasteiger partial charge in [-0.2, -0.15) is 0 Å². The van der Waals surface area contributed by atoms with E-state index in [-0.39, 0.29) is 24.0 Å². The fourth-order valence-corrected chi connectivity index (χ4v) is 6.23. The largest absolute Gasteiger partial charge is 0.378 e. The van der Waals surface area contributed by atoms with Gasteiger partial charge in [0.2, 0.25) is 0 Å². The number of methoxy groups -OCH3 is 1. The van der Waals surface area contributed by atoms with Crippen LogP contribution in [-0.2, 0) is 34.7 Å². The predicted octanol–water partition coefficient (Wildman–Crippen LogP) is 2.08. The first kappa shape index (κ1) is 22.7. The molecule has 0 aromatic rings. The first-order valence-electron chi connectivity index (χ1n) is 7.92. The average molecular weight is 402 g/mol. The Bertz CT molecular complexity index is 513. The standard InChI is InChI=1S/C13H29BO7P2S/c1-13(2,3)21-23(17,24)20-12-10(14)8-9(11(12)18-4)6-7-22(15,16)19-5/h9-12H,6-8,14H2,1-5H3,(H,15,16)(H,17,24)/t9-,10-,11+,12-,23?/m0/s1. The van der Waals surface area contributed by atoms with E-state index >= 15 is 0 Å². The van der Waals surface area contributed by atoms with Gasteiger partial charge in [0.15, 0.2) is 0 Å². The van der Waals surface area contributed by atoms with Crippen LogP contribution < -0.4 is 0 Å². The Hall–Kier alpha value is 0.705. The fraction of sp³-hybridized carbons (Fsp3) is 1.00. The van der Waals surface area contributed by atoms with Gasteiger partial charge in [-0.3, -0.25) is 4.57 Å². The summed E-state index contributed by atoms with van der Waals surface area (Å²) in [6, 6.07) is 0. The van der Waals surface area contributed by atoms with E-state index in [0.29, 0.717) is 6.42 Å². The third kappa shape index (κ3) is 7.14. The van der Waals surface area contributed by atoms with Crippen molar-refractivity contribution in [3.63, 3.8) is 0 Å². The van der Waals surface area contributed by atoms with Gasteiger partial charge in [-0.25, -0.2) is 0 Å². The van der Waals surface area contributed by atoms with Crippen molar-refractivity contribution in [2.75, 3.05) is 20.4 Å². The molecular formula is C13H29BO7P2S. The van der Waals surface area contributed by atoms with E-state index in [4.69, 9.17) is 25.6 Å². The molecule has 0 radical (unpaired) electrons. The summed E-state index contributed by atoms with van der Waals surface area (Å²) in [5, 5.41) is 0. The van der Waals surface area contributed by atoms with Gasteiger partial charge in [-0.15, -0.1) is 0 Å². The minimum absolute atomic E-state index is 0.0234. The van der Waals surface area contributed by atoms with Crippen molar-refractivity contribution in [1.82, 2.24) is 0 Å². The summed E-state index contributed by atoms with van der Waals surface area (Å²) in [4.78, 5) is 19.9. The maximum Gasteiger partial charge on any atom is 0.327 e. The minimum Gasteiger partial charge on any atom is -0.378 e. The molecule has 6 atom stereocenters. The number of rotatable bonds is 8. The lowest BCUT2D eigenvalue weighted by Crippen LogP contribution is -2.32. The molecule has 1 rings (SSSR count). The number of ether oxygens (including phenoxy) is 1. The lowest BCUT2D eigenvalue weighted by atomic mass is 9.83. The van der Waals surface area contributed by atoms with Gasteiger partial charge in [-0.1, -0.05) is 0 Å². The fourth-order valence-electron chi connectivity index (χ4n) is 3.05. The summed E-state index contributed by atoms with van der Waals surface area (Å²) in [5.41, 5.74) is -0.615. The van der Waals surface area contributed by atoms with Crippen molar-refractivity contribution in [1.29, 1.82) is 0 Å². The molecule has 0 bridgehead atoms. The third-order valence-electron chi connectivity index (χ3n) is 4.01. The summed E-state index contributed by atoms with van der Waals surface area (Å²) in [6.45, 7) is 1.98. The van der Waals surface area contributed by atoms with E-state index in [2.05, 4.69) is 4.52 Å². The van der Waals surface area contributed by atoms with Crippen LogP contribution in [-0.4, -0.2) is 55.8 Å². The molecule has 0 aromatic heterocycles. The van der Waals surface area contributed by atoms with Crippen molar-refractivity contribution < 1.29 is 32.7 Å². The molecule has 0 saturated heterocycles. The molecule has 1 saturated carbocycles. The highest BCUT2D eigenvalue weighted by molar-refractivity contribution is 8.07. The summed E-state index contributed by atoms with van der Waals surface area (Å²) in [5.74, 6) is 0.105. The quantitative estimate of drug-likeness (QED) is 0.471. The highest BCUT2D eigenvalue weighted by Gasteiger charge is 2.45. The third-order valence-corrected chi connectivity index (χ3v) is 7.17. The second-order valence-electron chi connectivity index (χ2n) is 7.25. The summed E-state index contributed by atoms with van der Waals surface area (Å²) in [7, 11) is 1.22. The van der Waals surface area contributed by atoms with Crippen molar-refractivity contribution in [3.8, 4) is 0 Å². The van der Waals surface area contributed by atoms with Crippen molar-refractivity contribution in [3.05, 3.63) is 0 Å². The zero-order valence-corrected chi connectivity index (χ0v) is 17.8. The number of hydrogen-bond donors (Lipinski definition) is 2. The van der Waals surface area contributed by atoms with Crippen LogP contribution in [0, 0.1) is 5.92 Å². The molecule has 2 unspecified atom stereocenters. The van der Waals surface area contributed by atoms with Gasteiger partial charge in [0.05, 0.1) is 24.0 Å². The Morgan fingerprint density at radius 1 is 1.25 bits per heavy atom. The summed E-state index contributed by atoms with van der Waals surface area (Å²) >= 11 is 5.13. The Morgan fingerprint density at radius 2 is 1.83 bits per heavy atom. The second kappa shape index (κ2) is 8.60. The Labute approximate surface area is 150 Å². The van der Waals surface area contributed by atoms with Crippen molar-refractivity contribution >= 4 is 34.0 Å². The van der Waals surface area contributed by atoms with Crippen molar-refractivity contribution in [2.45, 2.75) is 57.2 Å². The molecule has 1 aliphatic rings. The Kier molecular flexibility index (Phi) is 8.15. The molecule has 24 heavy (non-hydrogen) atoms. The number of hydrogen-bond acceptors (Lipinski definition) is 6. The van der Waals surface area contributed by atoms with Crippen molar-refractivity contribution in [2.24, 2.45) is 5.92 Å². The molecule has 1 aliphatic carbocycles. The van der Waals surface area contributed by atoms with Crippen LogP contribution in [0.2, 0.25) is 5.82 Å². The Balaban J connectivity index is 2.78.